The first-order chi connectivity index (χ1) is 17.9. The number of amides is 1. The summed E-state index contributed by atoms with van der Waals surface area (Å²) in [6.45, 7) is 0.412. The SMILES string of the molecule is O=C(Nc1ccc(CC(Nc2cccc(OCc3ccccc3)c2)C(=O)O)cc1)c1c(Cl)cncc1Cl. The van der Waals surface area contributed by atoms with E-state index < -0.39 is 17.9 Å². The van der Waals surface area contributed by atoms with Crippen LogP contribution in [0.5, 0.6) is 5.75 Å². The number of anilines is 2. The Kier molecular flexibility index (Phi) is 8.61. The highest BCUT2D eigenvalue weighted by atomic mass is 35.5. The molecule has 3 aromatic carbocycles. The molecule has 4 aromatic rings. The second-order valence-corrected chi connectivity index (χ2v) is 8.98. The van der Waals surface area contributed by atoms with Crippen molar-refractivity contribution in [1.29, 1.82) is 0 Å². The fraction of sp³-hybridized carbons (Fsp3) is 0.107. The van der Waals surface area contributed by atoms with Gasteiger partial charge in [0.25, 0.3) is 5.91 Å². The number of aromatic nitrogens is 1. The number of nitrogens with zero attached hydrogens (tertiary/aromatic N) is 1. The molecule has 188 valence electrons. The molecule has 7 nitrogen and oxygen atoms in total. The maximum Gasteiger partial charge on any atom is 0.326 e. The summed E-state index contributed by atoms with van der Waals surface area (Å²) in [4.78, 5) is 28.4. The first-order valence-electron chi connectivity index (χ1n) is 11.3. The summed E-state index contributed by atoms with van der Waals surface area (Å²) in [6, 6.07) is 23.0. The largest absolute Gasteiger partial charge is 0.489 e. The lowest BCUT2D eigenvalue weighted by Crippen LogP contribution is -2.31. The van der Waals surface area contributed by atoms with Crippen LogP contribution < -0.4 is 15.4 Å². The van der Waals surface area contributed by atoms with Crippen molar-refractivity contribution in [3.8, 4) is 5.75 Å². The lowest BCUT2D eigenvalue weighted by molar-refractivity contribution is -0.137. The number of pyridine rings is 1. The summed E-state index contributed by atoms with van der Waals surface area (Å²) in [5.74, 6) is -0.827. The van der Waals surface area contributed by atoms with Crippen molar-refractivity contribution < 1.29 is 19.4 Å². The van der Waals surface area contributed by atoms with Crippen LogP contribution in [0, 0.1) is 0 Å². The van der Waals surface area contributed by atoms with Crippen molar-refractivity contribution in [3.63, 3.8) is 0 Å². The third kappa shape index (κ3) is 7.22. The molecule has 1 heterocycles. The Hall–Kier alpha value is -4.07. The molecule has 0 spiro atoms. The van der Waals surface area contributed by atoms with Crippen LogP contribution in [0.3, 0.4) is 0 Å². The molecule has 9 heteroatoms. The molecular weight excluding hydrogens is 513 g/mol. The number of nitrogens with one attached hydrogen (secondary N) is 2. The van der Waals surface area contributed by atoms with Crippen molar-refractivity contribution in [2.24, 2.45) is 0 Å². The Bertz CT molecular complexity index is 1360. The highest BCUT2D eigenvalue weighted by Gasteiger charge is 2.19. The van der Waals surface area contributed by atoms with E-state index >= 15 is 0 Å². The average Bonchev–Trinajstić information content (AvgIpc) is 2.89. The van der Waals surface area contributed by atoms with Gasteiger partial charge in [-0.15, -0.1) is 0 Å². The summed E-state index contributed by atoms with van der Waals surface area (Å²) in [7, 11) is 0. The predicted octanol–water partition coefficient (Wildman–Crippen LogP) is 6.33. The van der Waals surface area contributed by atoms with E-state index in [2.05, 4.69) is 15.6 Å². The molecule has 1 amide bonds. The minimum Gasteiger partial charge on any atom is -0.489 e. The molecule has 0 radical (unpaired) electrons. The van der Waals surface area contributed by atoms with Crippen molar-refractivity contribution in [1.82, 2.24) is 4.98 Å². The number of carbonyl (C=O) groups excluding carboxylic acids is 1. The van der Waals surface area contributed by atoms with E-state index in [1.807, 2.05) is 36.4 Å². The van der Waals surface area contributed by atoms with Gasteiger partial charge in [-0.05, 0) is 35.4 Å². The molecule has 0 saturated carbocycles. The molecular formula is C28H23Cl2N3O4. The summed E-state index contributed by atoms with van der Waals surface area (Å²) < 4.78 is 5.84. The molecule has 1 atom stereocenters. The number of ether oxygens (including phenoxy) is 1. The van der Waals surface area contributed by atoms with Gasteiger partial charge in [0.1, 0.15) is 18.4 Å². The maximum absolute atomic E-state index is 12.6. The molecule has 0 aliphatic heterocycles. The minimum atomic E-state index is -0.991. The summed E-state index contributed by atoms with van der Waals surface area (Å²) >= 11 is 12.1. The smallest absolute Gasteiger partial charge is 0.326 e. The quantitative estimate of drug-likeness (QED) is 0.219. The van der Waals surface area contributed by atoms with Crippen LogP contribution in [0.4, 0.5) is 11.4 Å². The predicted molar refractivity (Wildman–Crippen MR) is 145 cm³/mol. The van der Waals surface area contributed by atoms with Gasteiger partial charge < -0.3 is 20.5 Å². The standard InChI is InChI=1S/C28H23Cl2N3O4/c29-23-15-31-16-24(30)26(23)27(34)33-20-11-9-18(10-12-20)13-25(28(35)36)32-21-7-4-8-22(14-21)37-17-19-5-2-1-3-6-19/h1-12,14-16,25,32H,13,17H2,(H,33,34)(H,35,36). The molecule has 3 N–H and O–H groups in total. The second kappa shape index (κ2) is 12.3. The van der Waals surface area contributed by atoms with Gasteiger partial charge in [-0.3, -0.25) is 9.78 Å². The molecule has 1 unspecified atom stereocenters. The first-order valence-corrected chi connectivity index (χ1v) is 12.1. The van der Waals surface area contributed by atoms with Crippen LogP contribution in [0.25, 0.3) is 0 Å². The van der Waals surface area contributed by atoms with E-state index in [9.17, 15) is 14.7 Å². The van der Waals surface area contributed by atoms with Crippen LogP contribution in [-0.2, 0) is 17.8 Å². The zero-order chi connectivity index (χ0) is 26.2. The van der Waals surface area contributed by atoms with Crippen LogP contribution in [0.1, 0.15) is 21.5 Å². The van der Waals surface area contributed by atoms with Crippen molar-refractivity contribution in [3.05, 3.63) is 118 Å². The fourth-order valence-electron chi connectivity index (χ4n) is 3.60. The van der Waals surface area contributed by atoms with Gasteiger partial charge in [-0.2, -0.15) is 0 Å². The van der Waals surface area contributed by atoms with E-state index in [4.69, 9.17) is 27.9 Å². The van der Waals surface area contributed by atoms with Crippen molar-refractivity contribution in [2.45, 2.75) is 19.1 Å². The van der Waals surface area contributed by atoms with Crippen LogP contribution in [0.15, 0.2) is 91.3 Å². The van der Waals surface area contributed by atoms with E-state index in [1.165, 1.54) is 12.4 Å². The highest BCUT2D eigenvalue weighted by Crippen LogP contribution is 2.25. The normalized spacial score (nSPS) is 11.4. The number of benzene rings is 3. The zero-order valence-electron chi connectivity index (χ0n) is 19.5. The van der Waals surface area contributed by atoms with Gasteiger partial charge in [-0.1, -0.05) is 71.7 Å². The fourth-order valence-corrected chi connectivity index (χ4v) is 4.14. The number of aliphatic carboxylic acids is 1. The van der Waals surface area contributed by atoms with Gasteiger partial charge >= 0.3 is 5.97 Å². The number of carbonyl (C=O) groups is 2. The monoisotopic (exact) mass is 535 g/mol. The zero-order valence-corrected chi connectivity index (χ0v) is 21.0. The highest BCUT2D eigenvalue weighted by molar-refractivity contribution is 6.40. The Balaban J connectivity index is 1.38. The molecule has 0 saturated heterocycles. The molecule has 4 rings (SSSR count). The summed E-state index contributed by atoms with van der Waals surface area (Å²) in [5.41, 5.74) is 3.09. The van der Waals surface area contributed by atoms with Crippen LogP contribution in [-0.4, -0.2) is 28.0 Å². The Morgan fingerprint density at radius 2 is 1.57 bits per heavy atom. The van der Waals surface area contributed by atoms with Gasteiger partial charge in [-0.25, -0.2) is 4.79 Å². The number of rotatable bonds is 10. The average molecular weight is 536 g/mol. The van der Waals surface area contributed by atoms with Crippen molar-refractivity contribution >= 4 is 46.5 Å². The first kappa shape index (κ1) is 26.0. The third-order valence-electron chi connectivity index (χ3n) is 5.45. The topological polar surface area (TPSA) is 101 Å². The lowest BCUT2D eigenvalue weighted by Gasteiger charge is -2.17. The summed E-state index contributed by atoms with van der Waals surface area (Å²) in [5, 5.41) is 15.9. The molecule has 0 bridgehead atoms. The molecule has 0 fully saturated rings. The molecule has 0 aliphatic carbocycles. The second-order valence-electron chi connectivity index (χ2n) is 8.17. The van der Waals surface area contributed by atoms with E-state index in [-0.39, 0.29) is 22.0 Å². The number of hydrogen-bond acceptors (Lipinski definition) is 5. The summed E-state index contributed by atoms with van der Waals surface area (Å²) in [6.07, 6.45) is 2.91. The number of carboxylic acids is 1. The van der Waals surface area contributed by atoms with Crippen molar-refractivity contribution in [2.75, 3.05) is 10.6 Å². The third-order valence-corrected chi connectivity index (χ3v) is 6.03. The molecule has 1 aromatic heterocycles. The van der Waals surface area contributed by atoms with Crippen LogP contribution >= 0.6 is 23.2 Å². The molecule has 0 aliphatic rings. The number of halogens is 2. The minimum absolute atomic E-state index is 0.132. The Morgan fingerprint density at radius 3 is 2.24 bits per heavy atom. The van der Waals surface area contributed by atoms with Gasteiger partial charge in [0.05, 0.1) is 15.6 Å². The van der Waals surface area contributed by atoms with E-state index in [1.54, 1.807) is 42.5 Å². The van der Waals surface area contributed by atoms with Gasteiger partial charge in [0.2, 0.25) is 0 Å². The number of hydrogen-bond donors (Lipinski definition) is 3. The molecule has 37 heavy (non-hydrogen) atoms. The van der Waals surface area contributed by atoms with E-state index in [0.717, 1.165) is 11.1 Å². The Labute approximate surface area is 224 Å². The lowest BCUT2D eigenvalue weighted by atomic mass is 10.0. The van der Waals surface area contributed by atoms with Gasteiger partial charge in [0.15, 0.2) is 0 Å². The van der Waals surface area contributed by atoms with Crippen LogP contribution in [0.2, 0.25) is 10.0 Å². The van der Waals surface area contributed by atoms with E-state index in [0.29, 0.717) is 23.7 Å². The van der Waals surface area contributed by atoms with Gasteiger partial charge in [0, 0.05) is 36.3 Å². The Morgan fingerprint density at radius 1 is 0.865 bits per heavy atom. The maximum atomic E-state index is 12.6. The number of carboxylic acid groups (broad SMARTS) is 1.